The Balaban J connectivity index is 1.52. The van der Waals surface area contributed by atoms with Gasteiger partial charge in [0, 0.05) is 10.9 Å². The number of ether oxygens (including phenoxy) is 2. The highest BCUT2D eigenvalue weighted by Gasteiger charge is 2.17. The summed E-state index contributed by atoms with van der Waals surface area (Å²) >= 11 is 1.35. The summed E-state index contributed by atoms with van der Waals surface area (Å²) in [4.78, 5) is 8.89. The monoisotopic (exact) mass is 461 g/mol. The minimum atomic E-state index is 0.259. The van der Waals surface area contributed by atoms with E-state index in [1.165, 1.54) is 11.8 Å². The van der Waals surface area contributed by atoms with Gasteiger partial charge in [-0.25, -0.2) is 10.1 Å². The molecule has 0 saturated heterocycles. The van der Waals surface area contributed by atoms with Crippen molar-refractivity contribution in [3.05, 3.63) is 54.4 Å². The predicted octanol–water partition coefficient (Wildman–Crippen LogP) is 3.96. The van der Waals surface area contributed by atoms with E-state index in [0.29, 0.717) is 34.2 Å². The number of aromatic nitrogens is 6. The first-order valence-electron chi connectivity index (χ1n) is 9.90. The number of pyridine rings is 1. The predicted molar refractivity (Wildman–Crippen MR) is 124 cm³/mol. The van der Waals surface area contributed by atoms with Gasteiger partial charge in [0.1, 0.15) is 0 Å². The number of nitrogens with two attached hydrogens (primary N) is 1. The number of para-hydroxylation sites is 1. The quantitative estimate of drug-likeness (QED) is 0.342. The summed E-state index contributed by atoms with van der Waals surface area (Å²) in [7, 11) is 3.21. The Morgan fingerprint density at radius 3 is 2.64 bits per heavy atom. The Labute approximate surface area is 192 Å². The van der Waals surface area contributed by atoms with Crippen molar-refractivity contribution in [3.8, 4) is 34.2 Å². The van der Waals surface area contributed by atoms with Gasteiger partial charge in [-0.2, -0.15) is 4.98 Å². The summed E-state index contributed by atoms with van der Waals surface area (Å²) in [6.07, 6.45) is 0. The molecule has 0 unspecified atom stereocenters. The molecule has 166 valence electrons. The summed E-state index contributed by atoms with van der Waals surface area (Å²) in [6.45, 7) is 0. The molecule has 33 heavy (non-hydrogen) atoms. The fourth-order valence-corrected chi connectivity index (χ4v) is 4.01. The number of benzene rings is 2. The number of anilines is 1. The Kier molecular flexibility index (Phi) is 5.53. The standard InChI is InChI=1S/C22H19N7O3S/c1-30-17-8-7-12(9-18(17)31-2)16-10-14(13-5-3-4-6-15(13)24-16)20-27-26-19(32-20)11-33-22-25-21(23)28-29-22/h3-10H,11H2,1-2H3,(H3,23,25,28,29). The Morgan fingerprint density at radius 1 is 1.00 bits per heavy atom. The van der Waals surface area contributed by atoms with Gasteiger partial charge in [-0.05, 0) is 30.3 Å². The van der Waals surface area contributed by atoms with Crippen LogP contribution in [0.25, 0.3) is 33.6 Å². The number of H-pyrrole nitrogens is 1. The molecule has 0 aliphatic heterocycles. The molecule has 0 radical (unpaired) electrons. The number of nitrogen functional groups attached to an aromatic ring is 1. The van der Waals surface area contributed by atoms with Crippen LogP contribution < -0.4 is 15.2 Å². The van der Waals surface area contributed by atoms with Crippen molar-refractivity contribution in [2.24, 2.45) is 0 Å². The third kappa shape index (κ3) is 4.17. The molecule has 11 heteroatoms. The smallest absolute Gasteiger partial charge is 0.248 e. The summed E-state index contributed by atoms with van der Waals surface area (Å²) in [6, 6.07) is 15.4. The summed E-state index contributed by atoms with van der Waals surface area (Å²) < 4.78 is 16.8. The van der Waals surface area contributed by atoms with E-state index in [1.54, 1.807) is 14.2 Å². The highest BCUT2D eigenvalue weighted by Crippen LogP contribution is 2.35. The lowest BCUT2D eigenvalue weighted by molar-refractivity contribution is 0.355. The first-order chi connectivity index (χ1) is 16.1. The number of nitrogens with one attached hydrogen (secondary N) is 1. The van der Waals surface area contributed by atoms with Crippen LogP contribution in [0.15, 0.2) is 58.1 Å². The largest absolute Gasteiger partial charge is 0.493 e. The maximum absolute atomic E-state index is 5.97. The molecule has 0 amide bonds. The number of rotatable bonds is 7. The average Bonchev–Trinajstić information content (AvgIpc) is 3.50. The number of thioether (sulfide) groups is 1. The van der Waals surface area contributed by atoms with Crippen molar-refractivity contribution < 1.29 is 13.9 Å². The highest BCUT2D eigenvalue weighted by molar-refractivity contribution is 7.98. The van der Waals surface area contributed by atoms with Gasteiger partial charge < -0.3 is 19.6 Å². The molecule has 0 atom stereocenters. The van der Waals surface area contributed by atoms with Gasteiger partial charge in [0.2, 0.25) is 22.9 Å². The van der Waals surface area contributed by atoms with Crippen LogP contribution in [0.1, 0.15) is 5.89 Å². The van der Waals surface area contributed by atoms with Crippen LogP contribution >= 0.6 is 11.8 Å². The van der Waals surface area contributed by atoms with Crippen molar-refractivity contribution >= 4 is 28.6 Å². The number of methoxy groups -OCH3 is 2. The van der Waals surface area contributed by atoms with Gasteiger partial charge in [0.15, 0.2) is 11.5 Å². The Hall–Kier alpha value is -4.12. The lowest BCUT2D eigenvalue weighted by atomic mass is 10.0. The minimum Gasteiger partial charge on any atom is -0.493 e. The number of nitrogens with zero attached hydrogens (tertiary/aromatic N) is 5. The van der Waals surface area contributed by atoms with Crippen LogP contribution in [0.2, 0.25) is 0 Å². The SMILES string of the molecule is COc1ccc(-c2cc(-c3nnc(CSc4n[nH]c(N)n4)o3)c3ccccc3n2)cc1OC. The number of aromatic amines is 1. The molecule has 3 aromatic heterocycles. The maximum Gasteiger partial charge on any atom is 0.248 e. The molecule has 10 nitrogen and oxygen atoms in total. The molecule has 0 fully saturated rings. The van der Waals surface area contributed by atoms with Gasteiger partial charge >= 0.3 is 0 Å². The molecule has 3 heterocycles. The molecule has 5 rings (SSSR count). The summed E-state index contributed by atoms with van der Waals surface area (Å²) in [5.74, 6) is 2.79. The summed E-state index contributed by atoms with van der Waals surface area (Å²) in [5.41, 5.74) is 8.78. The maximum atomic E-state index is 5.97. The zero-order chi connectivity index (χ0) is 22.8. The van der Waals surface area contributed by atoms with Crippen LogP contribution in [0.5, 0.6) is 11.5 Å². The summed E-state index contributed by atoms with van der Waals surface area (Å²) in [5, 5.41) is 16.5. The third-order valence-corrected chi connectivity index (χ3v) is 5.73. The number of fused-ring (bicyclic) bond motifs is 1. The van der Waals surface area contributed by atoms with E-state index in [2.05, 4.69) is 25.4 Å². The van der Waals surface area contributed by atoms with Gasteiger partial charge in [0.25, 0.3) is 0 Å². The number of hydrogen-bond acceptors (Lipinski definition) is 10. The molecule has 3 N–H and O–H groups in total. The van der Waals surface area contributed by atoms with E-state index in [0.717, 1.165) is 27.7 Å². The first-order valence-corrected chi connectivity index (χ1v) is 10.9. The number of hydrogen-bond donors (Lipinski definition) is 2. The zero-order valence-electron chi connectivity index (χ0n) is 17.8. The molecule has 0 aliphatic carbocycles. The van der Waals surface area contributed by atoms with E-state index in [4.69, 9.17) is 24.6 Å². The van der Waals surface area contributed by atoms with E-state index >= 15 is 0 Å². The highest BCUT2D eigenvalue weighted by atomic mass is 32.2. The zero-order valence-corrected chi connectivity index (χ0v) is 18.6. The van der Waals surface area contributed by atoms with Gasteiger partial charge in [0.05, 0.1) is 36.7 Å². The second-order valence-electron chi connectivity index (χ2n) is 6.93. The van der Waals surface area contributed by atoms with Gasteiger partial charge in [-0.1, -0.05) is 30.0 Å². The van der Waals surface area contributed by atoms with E-state index < -0.39 is 0 Å². The fourth-order valence-electron chi connectivity index (χ4n) is 3.37. The van der Waals surface area contributed by atoms with Crippen molar-refractivity contribution in [2.75, 3.05) is 20.0 Å². The molecule has 2 aromatic carbocycles. The van der Waals surface area contributed by atoms with Crippen molar-refractivity contribution in [1.29, 1.82) is 0 Å². The molecular weight excluding hydrogens is 442 g/mol. The van der Waals surface area contributed by atoms with Gasteiger partial charge in [-0.15, -0.1) is 15.3 Å². The minimum absolute atomic E-state index is 0.259. The lowest BCUT2D eigenvalue weighted by Crippen LogP contribution is -1.93. The van der Waals surface area contributed by atoms with Crippen molar-refractivity contribution in [1.82, 2.24) is 30.4 Å². The van der Waals surface area contributed by atoms with Crippen LogP contribution in [-0.2, 0) is 5.75 Å². The third-order valence-electron chi connectivity index (χ3n) is 4.90. The lowest BCUT2D eigenvalue weighted by Gasteiger charge is -2.11. The molecule has 0 aliphatic rings. The normalized spacial score (nSPS) is 11.1. The van der Waals surface area contributed by atoms with Crippen molar-refractivity contribution in [2.45, 2.75) is 10.9 Å². The molecule has 0 bridgehead atoms. The molecule has 0 spiro atoms. The second-order valence-corrected chi connectivity index (χ2v) is 7.88. The van der Waals surface area contributed by atoms with Crippen LogP contribution in [0.4, 0.5) is 5.95 Å². The molecule has 0 saturated carbocycles. The van der Waals surface area contributed by atoms with E-state index in [1.807, 2.05) is 48.5 Å². The molecule has 5 aromatic rings. The first kappa shape index (κ1) is 20.8. The molecular formula is C22H19N7O3S. The fraction of sp³-hybridized carbons (Fsp3) is 0.136. The van der Waals surface area contributed by atoms with E-state index in [-0.39, 0.29) is 5.95 Å². The topological polar surface area (TPSA) is 138 Å². The average molecular weight is 462 g/mol. The van der Waals surface area contributed by atoms with Crippen LogP contribution in [0, 0.1) is 0 Å². The Morgan fingerprint density at radius 2 is 1.85 bits per heavy atom. The Bertz CT molecular complexity index is 1430. The van der Waals surface area contributed by atoms with Gasteiger partial charge in [-0.3, -0.25) is 0 Å². The second kappa shape index (κ2) is 8.79. The van der Waals surface area contributed by atoms with Crippen molar-refractivity contribution in [3.63, 3.8) is 0 Å². The van der Waals surface area contributed by atoms with Crippen LogP contribution in [0.3, 0.4) is 0 Å². The van der Waals surface area contributed by atoms with E-state index in [9.17, 15) is 0 Å². The van der Waals surface area contributed by atoms with Crippen LogP contribution in [-0.4, -0.2) is 44.6 Å².